The summed E-state index contributed by atoms with van der Waals surface area (Å²) in [6, 6.07) is 7.64. The van der Waals surface area contributed by atoms with Crippen LogP contribution in [0.25, 0.3) is 0 Å². The van der Waals surface area contributed by atoms with Gasteiger partial charge in [-0.15, -0.1) is 11.8 Å². The highest BCUT2D eigenvalue weighted by Gasteiger charge is 2.31. The fourth-order valence-electron chi connectivity index (χ4n) is 2.82. The number of amides is 2. The lowest BCUT2D eigenvalue weighted by Gasteiger charge is -2.20. The van der Waals surface area contributed by atoms with Crippen molar-refractivity contribution in [1.82, 2.24) is 4.90 Å². The van der Waals surface area contributed by atoms with E-state index in [2.05, 4.69) is 5.32 Å². The Bertz CT molecular complexity index is 920. The summed E-state index contributed by atoms with van der Waals surface area (Å²) in [5.41, 5.74) is 1.72. The topological polar surface area (TPSA) is 49.4 Å². The van der Waals surface area contributed by atoms with Gasteiger partial charge >= 0.3 is 0 Å². The van der Waals surface area contributed by atoms with E-state index in [-0.39, 0.29) is 17.7 Å². The molecule has 0 spiro atoms. The number of nitrogens with zero attached hydrogens (tertiary/aromatic N) is 1. The number of hydrogen-bond acceptors (Lipinski definition) is 3. The third-order valence-corrected chi connectivity index (χ3v) is 5.53. The maximum atomic E-state index is 13.6. The number of benzene rings is 2. The number of anilines is 1. The maximum Gasteiger partial charge on any atom is 0.244 e. The van der Waals surface area contributed by atoms with Crippen LogP contribution in [0, 0.1) is 24.4 Å². The number of fused-ring (bicyclic) bond motifs is 1. The van der Waals surface area contributed by atoms with Gasteiger partial charge in [-0.3, -0.25) is 9.59 Å². The van der Waals surface area contributed by atoms with Crippen molar-refractivity contribution in [2.24, 2.45) is 0 Å². The van der Waals surface area contributed by atoms with Crippen molar-refractivity contribution in [3.63, 3.8) is 0 Å². The molecular formula is C19H17F3N2O2S. The average Bonchev–Trinajstić information content (AvgIpc) is 3.04. The highest BCUT2D eigenvalue weighted by atomic mass is 32.2. The Labute approximate surface area is 158 Å². The lowest BCUT2D eigenvalue weighted by atomic mass is 10.1. The van der Waals surface area contributed by atoms with Crippen molar-refractivity contribution in [2.45, 2.75) is 23.5 Å². The van der Waals surface area contributed by atoms with E-state index in [1.165, 1.54) is 23.7 Å². The molecule has 27 heavy (non-hydrogen) atoms. The Morgan fingerprint density at radius 3 is 2.67 bits per heavy atom. The van der Waals surface area contributed by atoms with E-state index >= 15 is 0 Å². The van der Waals surface area contributed by atoms with Gasteiger partial charge in [0.2, 0.25) is 11.8 Å². The molecule has 0 aromatic heterocycles. The van der Waals surface area contributed by atoms with Crippen LogP contribution in [-0.4, -0.2) is 35.6 Å². The molecule has 0 fully saturated rings. The average molecular weight is 394 g/mol. The lowest BCUT2D eigenvalue weighted by Crippen LogP contribution is -2.39. The van der Waals surface area contributed by atoms with Gasteiger partial charge in [0.25, 0.3) is 0 Å². The molecule has 2 aromatic rings. The molecule has 1 aliphatic rings. The Morgan fingerprint density at radius 1 is 1.19 bits per heavy atom. The van der Waals surface area contributed by atoms with Crippen LogP contribution in [0.1, 0.15) is 11.1 Å². The van der Waals surface area contributed by atoms with Gasteiger partial charge in [-0.05, 0) is 37.1 Å². The molecule has 0 bridgehead atoms. The third-order valence-electron chi connectivity index (χ3n) is 4.24. The second kappa shape index (κ2) is 7.64. The van der Waals surface area contributed by atoms with E-state index in [4.69, 9.17) is 0 Å². The van der Waals surface area contributed by atoms with Gasteiger partial charge in [-0.25, -0.2) is 13.2 Å². The molecule has 4 nitrogen and oxygen atoms in total. The predicted octanol–water partition coefficient (Wildman–Crippen LogP) is 3.53. The van der Waals surface area contributed by atoms with Crippen molar-refractivity contribution in [2.75, 3.05) is 18.9 Å². The van der Waals surface area contributed by atoms with Gasteiger partial charge in [-0.1, -0.05) is 17.7 Å². The first kappa shape index (κ1) is 19.3. The molecule has 0 radical (unpaired) electrons. The Morgan fingerprint density at radius 2 is 1.93 bits per heavy atom. The molecule has 1 aliphatic heterocycles. The van der Waals surface area contributed by atoms with Crippen LogP contribution in [0.15, 0.2) is 35.2 Å². The fraction of sp³-hybridized carbons (Fsp3) is 0.263. The van der Waals surface area contributed by atoms with Crippen LogP contribution in [-0.2, 0) is 16.0 Å². The minimum atomic E-state index is -1.66. The zero-order valence-electron chi connectivity index (χ0n) is 14.7. The number of aryl methyl sites for hydroxylation is 1. The zero-order valence-corrected chi connectivity index (χ0v) is 15.5. The molecule has 2 aromatic carbocycles. The number of carbonyl (C=O) groups excluding carboxylic acids is 2. The predicted molar refractivity (Wildman–Crippen MR) is 97.1 cm³/mol. The molecule has 3 rings (SSSR count). The van der Waals surface area contributed by atoms with E-state index < -0.39 is 29.0 Å². The molecule has 0 saturated carbocycles. The van der Waals surface area contributed by atoms with Crippen molar-refractivity contribution in [3.8, 4) is 0 Å². The van der Waals surface area contributed by atoms with Gasteiger partial charge in [0.05, 0.1) is 17.5 Å². The third kappa shape index (κ3) is 4.10. The minimum Gasteiger partial charge on any atom is -0.335 e. The largest absolute Gasteiger partial charge is 0.335 e. The van der Waals surface area contributed by atoms with Crippen molar-refractivity contribution in [1.29, 1.82) is 0 Å². The van der Waals surface area contributed by atoms with Crippen LogP contribution >= 0.6 is 11.8 Å². The molecule has 142 valence electrons. The zero-order chi connectivity index (χ0) is 19.7. The van der Waals surface area contributed by atoms with E-state index in [1.807, 2.05) is 25.1 Å². The summed E-state index contributed by atoms with van der Waals surface area (Å²) in [5.74, 6) is -5.41. The van der Waals surface area contributed by atoms with E-state index in [9.17, 15) is 22.8 Å². The summed E-state index contributed by atoms with van der Waals surface area (Å²) in [4.78, 5) is 26.9. The number of nitrogens with one attached hydrogen (secondary N) is 1. The highest BCUT2D eigenvalue weighted by Crippen LogP contribution is 2.38. The number of hydrogen-bond donors (Lipinski definition) is 1. The van der Waals surface area contributed by atoms with Crippen molar-refractivity contribution < 1.29 is 22.8 Å². The minimum absolute atomic E-state index is 0.227. The second-order valence-corrected chi connectivity index (χ2v) is 7.63. The number of thioether (sulfide) groups is 1. The molecule has 1 atom stereocenters. The number of rotatable bonds is 4. The van der Waals surface area contributed by atoms with Gasteiger partial charge in [0, 0.05) is 11.9 Å². The van der Waals surface area contributed by atoms with Gasteiger partial charge in [-0.2, -0.15) is 0 Å². The van der Waals surface area contributed by atoms with Crippen LogP contribution < -0.4 is 5.32 Å². The summed E-state index contributed by atoms with van der Waals surface area (Å²) in [5, 5.41) is 1.82. The first-order valence-electron chi connectivity index (χ1n) is 8.20. The molecule has 2 amide bonds. The van der Waals surface area contributed by atoms with Crippen LogP contribution in [0.2, 0.25) is 0 Å². The quantitative estimate of drug-likeness (QED) is 0.808. The first-order valence-corrected chi connectivity index (χ1v) is 9.08. The molecular weight excluding hydrogens is 377 g/mol. The van der Waals surface area contributed by atoms with E-state index in [0.29, 0.717) is 6.42 Å². The number of likely N-dealkylation sites (N-methyl/N-ethyl adjacent to an activating group) is 1. The van der Waals surface area contributed by atoms with Gasteiger partial charge in [0.15, 0.2) is 17.5 Å². The molecule has 0 aliphatic carbocycles. The molecule has 1 heterocycles. The lowest BCUT2D eigenvalue weighted by molar-refractivity contribution is -0.132. The highest BCUT2D eigenvalue weighted by molar-refractivity contribution is 8.01. The summed E-state index contributed by atoms with van der Waals surface area (Å²) < 4.78 is 39.8. The standard InChI is InChI=1S/C19H17F3N2O2S/c1-10-3-4-11-8-15(27-14(11)7-10)19(26)24(2)9-16(25)23-13-6-5-12(20)17(21)18(13)22/h3-7,15H,8-9H2,1-2H3,(H,23,25)/t15-/m0/s1. The van der Waals surface area contributed by atoms with Crippen molar-refractivity contribution >= 4 is 29.3 Å². The summed E-state index contributed by atoms with van der Waals surface area (Å²) in [6.45, 7) is 1.65. The normalized spacial score (nSPS) is 15.4. The Hall–Kier alpha value is -2.48. The summed E-state index contributed by atoms with van der Waals surface area (Å²) in [6.07, 6.45) is 0.572. The van der Waals surface area contributed by atoms with Crippen LogP contribution in [0.4, 0.5) is 18.9 Å². The van der Waals surface area contributed by atoms with E-state index in [1.54, 1.807) is 0 Å². The summed E-state index contributed by atoms with van der Waals surface area (Å²) in [7, 11) is 1.47. The number of halogens is 3. The van der Waals surface area contributed by atoms with E-state index in [0.717, 1.165) is 28.2 Å². The Kier molecular flexibility index (Phi) is 5.46. The monoisotopic (exact) mass is 394 g/mol. The molecule has 0 unspecified atom stereocenters. The van der Waals surface area contributed by atoms with Crippen LogP contribution in [0.5, 0.6) is 0 Å². The molecule has 8 heteroatoms. The smallest absolute Gasteiger partial charge is 0.244 e. The molecule has 0 saturated heterocycles. The van der Waals surface area contributed by atoms with Crippen LogP contribution in [0.3, 0.4) is 0 Å². The Balaban J connectivity index is 1.60. The van der Waals surface area contributed by atoms with Gasteiger partial charge in [0.1, 0.15) is 0 Å². The first-order chi connectivity index (χ1) is 12.8. The summed E-state index contributed by atoms with van der Waals surface area (Å²) >= 11 is 1.45. The fourth-order valence-corrected chi connectivity index (χ4v) is 4.23. The molecule has 1 N–H and O–H groups in total. The van der Waals surface area contributed by atoms with Gasteiger partial charge < -0.3 is 10.2 Å². The maximum absolute atomic E-state index is 13.6. The van der Waals surface area contributed by atoms with Crippen molar-refractivity contribution in [3.05, 3.63) is 58.9 Å². The number of carbonyl (C=O) groups is 2. The SMILES string of the molecule is Cc1ccc2c(c1)S[C@H](C(=O)N(C)CC(=O)Nc1ccc(F)c(F)c1F)C2. The second-order valence-electron chi connectivity index (χ2n) is 6.39.